The molecule has 1 saturated heterocycles. The van der Waals surface area contributed by atoms with Crippen LogP contribution in [0.5, 0.6) is 0 Å². The molecule has 8 atom stereocenters. The zero-order valence-corrected chi connectivity index (χ0v) is 40.4. The summed E-state index contributed by atoms with van der Waals surface area (Å²) in [6.45, 7) is 11.4. The fourth-order valence-corrected chi connectivity index (χ4v) is 8.36. The number of hydrogen-bond donors (Lipinski definition) is 2. The molecular formula is C46H81N9O7. The number of ether oxygens (including phenoxy) is 2. The number of guanidine groups is 1. The summed E-state index contributed by atoms with van der Waals surface area (Å²) in [7, 11) is 15.9. The Morgan fingerprint density at radius 2 is 1.50 bits per heavy atom. The molecule has 0 spiro atoms. The van der Waals surface area contributed by atoms with Gasteiger partial charge in [-0.25, -0.2) is 4.99 Å². The summed E-state index contributed by atoms with van der Waals surface area (Å²) < 4.78 is 12.1. The molecule has 16 heteroatoms. The van der Waals surface area contributed by atoms with Crippen LogP contribution in [0, 0.1) is 17.8 Å². The number of likely N-dealkylation sites (tertiary alicyclic amines) is 1. The lowest BCUT2D eigenvalue weighted by atomic mass is 9.89. The van der Waals surface area contributed by atoms with E-state index in [-0.39, 0.29) is 60.8 Å². The minimum atomic E-state index is -0.882. The summed E-state index contributed by atoms with van der Waals surface area (Å²) in [5.74, 6) is -1.11. The monoisotopic (exact) mass is 872 g/mol. The molecule has 5 amide bonds. The molecule has 0 saturated carbocycles. The highest BCUT2D eigenvalue weighted by atomic mass is 16.5. The lowest BCUT2D eigenvalue weighted by Crippen LogP contribution is -2.56. The highest BCUT2D eigenvalue weighted by Gasteiger charge is 2.43. The summed E-state index contributed by atoms with van der Waals surface area (Å²) in [4.78, 5) is 84.7. The summed E-state index contributed by atoms with van der Waals surface area (Å²) in [5.41, 5.74) is 6.46. The predicted molar refractivity (Wildman–Crippen MR) is 245 cm³/mol. The predicted octanol–water partition coefficient (Wildman–Crippen LogP) is 2.79. The first kappa shape index (κ1) is 53.9. The largest absolute Gasteiger partial charge is 0.379 e. The number of likely N-dealkylation sites (N-methyl/N-ethyl adjacent to an activating group) is 3. The van der Waals surface area contributed by atoms with E-state index in [4.69, 9.17) is 20.2 Å². The maximum absolute atomic E-state index is 14.4. The average Bonchev–Trinajstić information content (AvgIpc) is 3.73. The van der Waals surface area contributed by atoms with E-state index < -0.39 is 42.3 Å². The number of carbonyl (C=O) groups excluding carboxylic acids is 5. The van der Waals surface area contributed by atoms with Gasteiger partial charge in [0.1, 0.15) is 12.1 Å². The van der Waals surface area contributed by atoms with Gasteiger partial charge in [0.05, 0.1) is 36.6 Å². The molecule has 1 aliphatic heterocycles. The van der Waals surface area contributed by atoms with Crippen molar-refractivity contribution in [3.8, 4) is 0 Å². The molecule has 0 radical (unpaired) electrons. The van der Waals surface area contributed by atoms with Gasteiger partial charge in [-0.3, -0.25) is 24.0 Å². The van der Waals surface area contributed by atoms with Crippen LogP contribution in [0.25, 0.3) is 0 Å². The smallest absolute Gasteiger partial charge is 0.247 e. The molecule has 62 heavy (non-hydrogen) atoms. The van der Waals surface area contributed by atoms with E-state index in [9.17, 15) is 24.0 Å². The molecule has 1 aromatic rings. The maximum Gasteiger partial charge on any atom is 0.247 e. The van der Waals surface area contributed by atoms with Gasteiger partial charge in [-0.1, -0.05) is 71.4 Å². The zero-order chi connectivity index (χ0) is 46.8. The van der Waals surface area contributed by atoms with Crippen LogP contribution in [0.2, 0.25) is 0 Å². The lowest BCUT2D eigenvalue weighted by molar-refractivity contribution is -0.147. The standard InChI is InChI=1S/C46H81N9O7/c1-15-32(4)41(54(12)45(60)40(31(2)3)49-46(50(6)7)51(8)9)37(61-13)30-39(57)55-26-20-23-36(55)42(62-14)33(5)43(58)48-35(29-34-21-17-16-18-22-34)44(59)53(11)28-27-52(10)38(56)24-19-25-47/h16-18,21-22,31-33,35-37,40-42H,15,19-20,23-30,47H2,1-14H3,(H,48,58)/t32-,33+,35-,36-,37+,40-,41-,42+/m0/s1. The van der Waals surface area contributed by atoms with Crippen molar-refractivity contribution in [2.75, 3.05) is 89.7 Å². The van der Waals surface area contributed by atoms with E-state index in [1.54, 1.807) is 61.9 Å². The normalized spacial score (nSPS) is 17.2. The van der Waals surface area contributed by atoms with E-state index in [2.05, 4.69) is 19.2 Å². The molecule has 0 unspecified atom stereocenters. The number of methoxy groups -OCH3 is 2. The highest BCUT2D eigenvalue weighted by Crippen LogP contribution is 2.30. The Bertz CT molecular complexity index is 1580. The van der Waals surface area contributed by atoms with Crippen molar-refractivity contribution < 1.29 is 33.4 Å². The second-order valence-corrected chi connectivity index (χ2v) is 17.7. The summed E-state index contributed by atoms with van der Waals surface area (Å²) in [6.07, 6.45) is 2.07. The number of nitrogens with zero attached hydrogens (tertiary/aromatic N) is 7. The number of aliphatic imine (C=N–C) groups is 1. The number of benzene rings is 1. The molecule has 1 aliphatic rings. The third-order valence-corrected chi connectivity index (χ3v) is 12.3. The first-order valence-electron chi connectivity index (χ1n) is 22.3. The van der Waals surface area contributed by atoms with E-state index >= 15 is 0 Å². The van der Waals surface area contributed by atoms with Crippen LogP contribution in [-0.2, 0) is 39.9 Å². The molecule has 2 rings (SSSR count). The van der Waals surface area contributed by atoms with Crippen molar-refractivity contribution in [2.45, 2.75) is 116 Å². The molecule has 1 heterocycles. The first-order chi connectivity index (χ1) is 29.2. The molecule has 16 nitrogen and oxygen atoms in total. The second-order valence-electron chi connectivity index (χ2n) is 17.7. The van der Waals surface area contributed by atoms with E-state index in [0.717, 1.165) is 18.4 Å². The fourth-order valence-electron chi connectivity index (χ4n) is 8.36. The van der Waals surface area contributed by atoms with Crippen LogP contribution >= 0.6 is 0 Å². The van der Waals surface area contributed by atoms with Crippen molar-refractivity contribution in [3.05, 3.63) is 35.9 Å². The molecule has 352 valence electrons. The number of hydrogen-bond acceptors (Lipinski definition) is 9. The van der Waals surface area contributed by atoms with Crippen molar-refractivity contribution in [1.82, 2.24) is 34.7 Å². The topological polar surface area (TPSA) is 174 Å². The Kier molecular flexibility index (Phi) is 22.9. The third kappa shape index (κ3) is 15.2. The molecular weight excluding hydrogens is 791 g/mol. The van der Waals surface area contributed by atoms with Crippen LogP contribution in [0.3, 0.4) is 0 Å². The molecule has 0 aliphatic carbocycles. The van der Waals surface area contributed by atoms with Crippen LogP contribution in [0.15, 0.2) is 35.3 Å². The van der Waals surface area contributed by atoms with Gasteiger partial charge in [-0.15, -0.1) is 0 Å². The van der Waals surface area contributed by atoms with Crippen molar-refractivity contribution in [1.29, 1.82) is 0 Å². The number of rotatable bonds is 24. The highest BCUT2D eigenvalue weighted by molar-refractivity contribution is 5.89. The van der Waals surface area contributed by atoms with E-state index in [1.807, 2.05) is 82.2 Å². The van der Waals surface area contributed by atoms with Gasteiger partial charge in [0, 0.05) is 96.0 Å². The first-order valence-corrected chi connectivity index (χ1v) is 22.3. The molecule has 0 bridgehead atoms. The Labute approximate surface area is 372 Å². The van der Waals surface area contributed by atoms with Crippen LogP contribution < -0.4 is 11.1 Å². The van der Waals surface area contributed by atoms with Gasteiger partial charge in [0.15, 0.2) is 5.96 Å². The Balaban J connectivity index is 2.33. The zero-order valence-electron chi connectivity index (χ0n) is 40.4. The van der Waals surface area contributed by atoms with E-state index in [1.165, 1.54) is 0 Å². The van der Waals surface area contributed by atoms with Gasteiger partial charge < -0.3 is 49.9 Å². The fraction of sp³-hybridized carbons (Fsp3) is 0.739. The van der Waals surface area contributed by atoms with E-state index in [0.29, 0.717) is 44.9 Å². The van der Waals surface area contributed by atoms with Crippen LogP contribution in [-0.4, -0.2) is 191 Å². The summed E-state index contributed by atoms with van der Waals surface area (Å²) in [5, 5.41) is 3.03. The number of amides is 5. The molecule has 1 aromatic carbocycles. The number of nitrogens with one attached hydrogen (secondary N) is 1. The Morgan fingerprint density at radius 3 is 2.03 bits per heavy atom. The summed E-state index contributed by atoms with van der Waals surface area (Å²) in [6, 6.07) is 7.14. The van der Waals surface area contributed by atoms with Crippen LogP contribution in [0.1, 0.15) is 78.7 Å². The van der Waals surface area contributed by atoms with Gasteiger partial charge in [-0.2, -0.15) is 0 Å². The molecule has 1 fully saturated rings. The Hall–Kier alpha value is -4.28. The maximum atomic E-state index is 14.4. The number of carbonyl (C=O) groups is 5. The van der Waals surface area contributed by atoms with Gasteiger partial charge in [-0.05, 0) is 43.2 Å². The molecule has 0 aromatic heterocycles. The number of nitrogens with two attached hydrogens (primary N) is 1. The SMILES string of the molecule is CC[C@H](C)[C@@H]([C@@H](CC(=O)N1CCC[C@H]1[C@H](OC)[C@@H](C)C(=O)N[C@@H](Cc1ccccc1)C(=O)N(C)CCN(C)C(=O)CCCN)OC)N(C)C(=O)[C@@H](N=C(N(C)C)N(C)C)C(C)C. The summed E-state index contributed by atoms with van der Waals surface area (Å²) >= 11 is 0. The minimum absolute atomic E-state index is 0.000737. The quantitative estimate of drug-likeness (QED) is 0.116. The van der Waals surface area contributed by atoms with Crippen LogP contribution in [0.4, 0.5) is 0 Å². The Morgan fingerprint density at radius 1 is 0.887 bits per heavy atom. The minimum Gasteiger partial charge on any atom is -0.379 e. The lowest BCUT2D eigenvalue weighted by Gasteiger charge is -2.40. The van der Waals surface area contributed by atoms with Gasteiger partial charge in [0.2, 0.25) is 29.5 Å². The van der Waals surface area contributed by atoms with Crippen molar-refractivity contribution in [2.24, 2.45) is 28.5 Å². The van der Waals surface area contributed by atoms with Crippen molar-refractivity contribution >= 4 is 35.5 Å². The van der Waals surface area contributed by atoms with Crippen molar-refractivity contribution in [3.63, 3.8) is 0 Å². The second kappa shape index (κ2) is 26.4. The van der Waals surface area contributed by atoms with Gasteiger partial charge >= 0.3 is 0 Å². The molecule has 3 N–H and O–H groups in total. The average molecular weight is 872 g/mol. The van der Waals surface area contributed by atoms with Gasteiger partial charge in [0.25, 0.3) is 0 Å². The third-order valence-electron chi connectivity index (χ3n) is 12.3.